The van der Waals surface area contributed by atoms with Crippen LogP contribution in [-0.4, -0.2) is 63.4 Å². The number of pyridine rings is 2. The maximum atomic E-state index is 13.2. The van der Waals surface area contributed by atoms with Gasteiger partial charge in [0.25, 0.3) is 5.91 Å². The van der Waals surface area contributed by atoms with Gasteiger partial charge in [-0.3, -0.25) is 19.6 Å². The lowest BCUT2D eigenvalue weighted by molar-refractivity contribution is -0.134. The van der Waals surface area contributed by atoms with Crippen LogP contribution in [-0.2, 0) is 4.79 Å². The van der Waals surface area contributed by atoms with E-state index >= 15 is 0 Å². The van der Waals surface area contributed by atoms with E-state index in [0.717, 1.165) is 25.9 Å². The molecule has 4 rings (SSSR count). The molecule has 0 spiro atoms. The summed E-state index contributed by atoms with van der Waals surface area (Å²) in [5.74, 6) is 0.497. The van der Waals surface area contributed by atoms with E-state index in [1.807, 2.05) is 17.9 Å². The molecule has 2 aliphatic heterocycles. The van der Waals surface area contributed by atoms with Crippen molar-refractivity contribution < 1.29 is 14.3 Å². The normalized spacial score (nSPS) is 21.8. The Hall–Kier alpha value is -2.96. The van der Waals surface area contributed by atoms with Crippen LogP contribution in [0.5, 0.6) is 5.75 Å². The first-order valence-corrected chi connectivity index (χ1v) is 9.71. The van der Waals surface area contributed by atoms with Crippen LogP contribution >= 0.6 is 0 Å². The summed E-state index contributed by atoms with van der Waals surface area (Å²) in [6.07, 6.45) is 7.26. The van der Waals surface area contributed by atoms with E-state index < -0.39 is 6.04 Å². The highest BCUT2D eigenvalue weighted by Gasteiger charge is 2.43. The summed E-state index contributed by atoms with van der Waals surface area (Å²) in [4.78, 5) is 38.2. The third kappa shape index (κ3) is 3.69. The van der Waals surface area contributed by atoms with Crippen molar-refractivity contribution in [3.8, 4) is 5.75 Å². The number of aromatic nitrogens is 2. The molecule has 0 radical (unpaired) electrons. The van der Waals surface area contributed by atoms with Crippen molar-refractivity contribution in [1.29, 1.82) is 0 Å². The van der Waals surface area contributed by atoms with E-state index in [9.17, 15) is 9.59 Å². The Kier molecular flexibility index (Phi) is 5.23. The van der Waals surface area contributed by atoms with Gasteiger partial charge in [-0.2, -0.15) is 0 Å². The van der Waals surface area contributed by atoms with Crippen LogP contribution in [0.3, 0.4) is 0 Å². The van der Waals surface area contributed by atoms with Gasteiger partial charge in [0.05, 0.1) is 18.3 Å². The molecule has 0 N–H and O–H groups in total. The van der Waals surface area contributed by atoms with Crippen molar-refractivity contribution in [3.63, 3.8) is 0 Å². The van der Waals surface area contributed by atoms with Crippen molar-refractivity contribution in [3.05, 3.63) is 54.1 Å². The number of likely N-dealkylation sites (tertiary alicyclic amines) is 2. The summed E-state index contributed by atoms with van der Waals surface area (Å²) in [6, 6.07) is 6.64. The van der Waals surface area contributed by atoms with Crippen LogP contribution in [0.2, 0.25) is 0 Å². The summed E-state index contributed by atoms with van der Waals surface area (Å²) >= 11 is 0. The molecule has 146 valence electrons. The molecule has 0 unspecified atom stereocenters. The first-order valence-electron chi connectivity index (χ1n) is 9.71. The molecule has 0 bridgehead atoms. The fourth-order valence-corrected chi connectivity index (χ4v) is 3.96. The number of hydrogen-bond acceptors (Lipinski definition) is 5. The molecule has 2 aliphatic rings. The van der Waals surface area contributed by atoms with Crippen molar-refractivity contribution in [2.45, 2.75) is 38.3 Å². The van der Waals surface area contributed by atoms with Gasteiger partial charge in [0.15, 0.2) is 0 Å². The van der Waals surface area contributed by atoms with Crippen molar-refractivity contribution >= 4 is 11.8 Å². The Morgan fingerprint density at radius 2 is 1.93 bits per heavy atom. The van der Waals surface area contributed by atoms with Crippen LogP contribution in [0, 0.1) is 6.92 Å². The molecule has 2 fully saturated rings. The molecule has 7 heteroatoms. The van der Waals surface area contributed by atoms with Gasteiger partial charge in [-0.1, -0.05) is 0 Å². The number of ether oxygens (including phenoxy) is 1. The minimum absolute atomic E-state index is 0.0182. The van der Waals surface area contributed by atoms with Crippen molar-refractivity contribution in [2.75, 3.05) is 19.6 Å². The number of carbonyl (C=O) groups is 2. The topological polar surface area (TPSA) is 75.6 Å². The maximum absolute atomic E-state index is 13.2. The smallest absolute Gasteiger partial charge is 0.256 e. The largest absolute Gasteiger partial charge is 0.487 e. The Morgan fingerprint density at radius 3 is 2.64 bits per heavy atom. The van der Waals surface area contributed by atoms with Crippen molar-refractivity contribution in [1.82, 2.24) is 19.8 Å². The minimum Gasteiger partial charge on any atom is -0.487 e. The molecule has 2 amide bonds. The van der Waals surface area contributed by atoms with E-state index in [2.05, 4.69) is 9.97 Å². The third-order valence-corrected chi connectivity index (χ3v) is 5.40. The number of amides is 2. The van der Waals surface area contributed by atoms with Crippen LogP contribution in [0.15, 0.2) is 42.9 Å². The molecule has 4 heterocycles. The summed E-state index contributed by atoms with van der Waals surface area (Å²) in [6.45, 7) is 3.70. The monoisotopic (exact) mass is 380 g/mol. The van der Waals surface area contributed by atoms with Gasteiger partial charge in [0.2, 0.25) is 5.91 Å². The van der Waals surface area contributed by atoms with E-state index in [1.165, 1.54) is 0 Å². The highest BCUT2D eigenvalue weighted by atomic mass is 16.5. The maximum Gasteiger partial charge on any atom is 0.256 e. The summed E-state index contributed by atoms with van der Waals surface area (Å²) in [7, 11) is 0. The van der Waals surface area contributed by atoms with E-state index in [1.54, 1.807) is 41.7 Å². The number of rotatable bonds is 4. The molecule has 2 aromatic heterocycles. The molecule has 0 saturated carbocycles. The zero-order valence-corrected chi connectivity index (χ0v) is 16.0. The lowest BCUT2D eigenvalue weighted by Gasteiger charge is -2.27. The molecule has 2 aromatic rings. The highest BCUT2D eigenvalue weighted by Crippen LogP contribution is 2.27. The second-order valence-corrected chi connectivity index (χ2v) is 7.31. The first-order chi connectivity index (χ1) is 13.6. The average Bonchev–Trinajstić information content (AvgIpc) is 3.38. The van der Waals surface area contributed by atoms with Gasteiger partial charge in [-0.15, -0.1) is 0 Å². The van der Waals surface area contributed by atoms with Crippen molar-refractivity contribution in [2.24, 2.45) is 0 Å². The van der Waals surface area contributed by atoms with Crippen LogP contribution in [0.4, 0.5) is 0 Å². The molecule has 2 saturated heterocycles. The Morgan fingerprint density at radius 1 is 1.14 bits per heavy atom. The standard InChI is InChI=1S/C21H24N4O3/c1-15-18(7-5-9-23-15)20(26)25-14-17(28-16-6-4-8-22-13-16)12-19(25)21(27)24-10-2-3-11-24/h4-9,13,17,19H,2-3,10-12,14H2,1H3/t17-,19-/m0/s1. The average molecular weight is 380 g/mol. The van der Waals surface area contributed by atoms with Gasteiger partial charge >= 0.3 is 0 Å². The minimum atomic E-state index is -0.508. The van der Waals surface area contributed by atoms with Gasteiger partial charge in [0, 0.05) is 37.6 Å². The lowest BCUT2D eigenvalue weighted by atomic mass is 10.1. The fourth-order valence-electron chi connectivity index (χ4n) is 3.96. The molecule has 28 heavy (non-hydrogen) atoms. The predicted molar refractivity (Wildman–Crippen MR) is 103 cm³/mol. The van der Waals surface area contributed by atoms with E-state index in [0.29, 0.717) is 30.0 Å². The van der Waals surface area contributed by atoms with Gasteiger partial charge in [-0.25, -0.2) is 0 Å². The van der Waals surface area contributed by atoms with Gasteiger partial charge in [0.1, 0.15) is 17.9 Å². The number of aryl methyl sites for hydroxylation is 1. The molecule has 0 aromatic carbocycles. The fraction of sp³-hybridized carbons (Fsp3) is 0.429. The summed E-state index contributed by atoms with van der Waals surface area (Å²) < 4.78 is 6.02. The van der Waals surface area contributed by atoms with Gasteiger partial charge in [-0.05, 0) is 44.0 Å². The number of hydrogen-bond donors (Lipinski definition) is 0. The van der Waals surface area contributed by atoms with Crippen LogP contribution in [0.1, 0.15) is 35.3 Å². The zero-order chi connectivity index (χ0) is 19.5. The predicted octanol–water partition coefficient (Wildman–Crippen LogP) is 2.07. The molecular weight excluding hydrogens is 356 g/mol. The second kappa shape index (κ2) is 7.96. The first kappa shape index (κ1) is 18.4. The molecular formula is C21H24N4O3. The zero-order valence-electron chi connectivity index (χ0n) is 16.0. The molecule has 0 aliphatic carbocycles. The van der Waals surface area contributed by atoms with Crippen LogP contribution < -0.4 is 4.74 Å². The Balaban J connectivity index is 1.57. The second-order valence-electron chi connectivity index (χ2n) is 7.31. The molecule has 2 atom stereocenters. The summed E-state index contributed by atoms with van der Waals surface area (Å²) in [5.41, 5.74) is 1.19. The van der Waals surface area contributed by atoms with Gasteiger partial charge < -0.3 is 14.5 Å². The lowest BCUT2D eigenvalue weighted by Crippen LogP contribution is -2.47. The number of nitrogens with zero attached hydrogens (tertiary/aromatic N) is 4. The third-order valence-electron chi connectivity index (χ3n) is 5.40. The van der Waals surface area contributed by atoms with E-state index in [-0.39, 0.29) is 17.9 Å². The summed E-state index contributed by atoms with van der Waals surface area (Å²) in [5, 5.41) is 0. The number of carbonyl (C=O) groups excluding carboxylic acids is 2. The SMILES string of the molecule is Cc1ncccc1C(=O)N1C[C@@H](Oc2cccnc2)C[C@H]1C(=O)N1CCCC1. The van der Waals surface area contributed by atoms with Crippen LogP contribution in [0.25, 0.3) is 0 Å². The quantitative estimate of drug-likeness (QED) is 0.812. The highest BCUT2D eigenvalue weighted by molar-refractivity contribution is 5.98. The van der Waals surface area contributed by atoms with E-state index in [4.69, 9.17) is 4.74 Å². The Bertz CT molecular complexity index is 852. The Labute approximate surface area is 164 Å². The molecule has 7 nitrogen and oxygen atoms in total.